The van der Waals surface area contributed by atoms with Crippen molar-refractivity contribution in [1.82, 2.24) is 0 Å². The van der Waals surface area contributed by atoms with Crippen LogP contribution in [0.15, 0.2) is 0 Å². The molecule has 0 rings (SSSR count). The van der Waals surface area contributed by atoms with Crippen molar-refractivity contribution in [2.75, 3.05) is 0 Å². The minimum atomic E-state index is -0.910. The molecule has 0 aliphatic carbocycles. The van der Waals surface area contributed by atoms with E-state index in [9.17, 15) is 9.59 Å². The predicted octanol–water partition coefficient (Wildman–Crippen LogP) is 6.13. The first-order valence-electron chi connectivity index (χ1n) is 10.3. The predicted molar refractivity (Wildman–Crippen MR) is 106 cm³/mol. The van der Waals surface area contributed by atoms with E-state index in [1.165, 1.54) is 0 Å². The zero-order chi connectivity index (χ0) is 19.7. The molecule has 0 N–H and O–H groups in total. The van der Waals surface area contributed by atoms with E-state index in [-0.39, 0.29) is 17.5 Å². The van der Waals surface area contributed by atoms with E-state index in [4.69, 9.17) is 4.74 Å². The Morgan fingerprint density at radius 3 is 1.80 bits per heavy atom. The van der Waals surface area contributed by atoms with Crippen LogP contribution in [0.1, 0.15) is 107 Å². The Bertz CT molecular complexity index is 409. The molecule has 0 aliphatic heterocycles. The van der Waals surface area contributed by atoms with Gasteiger partial charge < -0.3 is 4.74 Å². The number of hydrogen-bond donors (Lipinski definition) is 0. The minimum absolute atomic E-state index is 0.0241. The van der Waals surface area contributed by atoms with Crippen molar-refractivity contribution in [2.45, 2.75) is 118 Å². The SMILES string of the molecule is CCCCC(CC)C(=O)C(C)(C)OC(CCCC)C(=O)C(C)(C)CC. The third-order valence-corrected chi connectivity index (χ3v) is 5.46. The molecule has 0 aromatic heterocycles. The van der Waals surface area contributed by atoms with E-state index in [1.54, 1.807) is 0 Å². The molecule has 0 aromatic rings. The summed E-state index contributed by atoms with van der Waals surface area (Å²) >= 11 is 0. The molecular weight excluding hydrogens is 312 g/mol. The van der Waals surface area contributed by atoms with Gasteiger partial charge >= 0.3 is 0 Å². The van der Waals surface area contributed by atoms with Crippen LogP contribution in [0, 0.1) is 11.3 Å². The van der Waals surface area contributed by atoms with Gasteiger partial charge in [-0.15, -0.1) is 0 Å². The first kappa shape index (κ1) is 24.3. The van der Waals surface area contributed by atoms with E-state index in [0.717, 1.165) is 44.9 Å². The third kappa shape index (κ3) is 7.60. The van der Waals surface area contributed by atoms with Gasteiger partial charge in [0.25, 0.3) is 0 Å². The maximum absolute atomic E-state index is 13.0. The molecule has 0 spiro atoms. The zero-order valence-electron chi connectivity index (χ0n) is 18.0. The highest BCUT2D eigenvalue weighted by molar-refractivity contribution is 5.91. The average Bonchev–Trinajstić information content (AvgIpc) is 2.58. The first-order chi connectivity index (χ1) is 11.6. The van der Waals surface area contributed by atoms with Crippen LogP contribution in [0.4, 0.5) is 0 Å². The fraction of sp³-hybridized carbons (Fsp3) is 0.909. The molecule has 3 nitrogen and oxygen atoms in total. The fourth-order valence-corrected chi connectivity index (χ4v) is 3.12. The van der Waals surface area contributed by atoms with Crippen molar-refractivity contribution in [2.24, 2.45) is 11.3 Å². The molecule has 0 aromatic carbocycles. The number of hydrogen-bond acceptors (Lipinski definition) is 3. The van der Waals surface area contributed by atoms with Gasteiger partial charge in [-0.3, -0.25) is 9.59 Å². The smallest absolute Gasteiger partial charge is 0.167 e. The summed E-state index contributed by atoms with van der Waals surface area (Å²) in [6.07, 6.45) is 6.83. The van der Waals surface area contributed by atoms with Gasteiger partial charge in [0.2, 0.25) is 0 Å². The lowest BCUT2D eigenvalue weighted by Gasteiger charge is -2.35. The van der Waals surface area contributed by atoms with Crippen LogP contribution in [0.5, 0.6) is 0 Å². The molecule has 0 amide bonds. The number of ether oxygens (including phenoxy) is 1. The van der Waals surface area contributed by atoms with Crippen molar-refractivity contribution in [3.05, 3.63) is 0 Å². The Kier molecular flexibility index (Phi) is 10.8. The van der Waals surface area contributed by atoms with Crippen LogP contribution in [0.2, 0.25) is 0 Å². The zero-order valence-corrected chi connectivity index (χ0v) is 18.0. The molecule has 2 unspecified atom stereocenters. The van der Waals surface area contributed by atoms with Crippen LogP contribution in [0.25, 0.3) is 0 Å². The molecule has 0 saturated carbocycles. The van der Waals surface area contributed by atoms with Crippen molar-refractivity contribution >= 4 is 11.6 Å². The number of ketones is 2. The number of unbranched alkanes of at least 4 members (excludes halogenated alkanes) is 2. The van der Waals surface area contributed by atoms with Gasteiger partial charge in [-0.2, -0.15) is 0 Å². The Morgan fingerprint density at radius 1 is 0.840 bits per heavy atom. The van der Waals surface area contributed by atoms with E-state index >= 15 is 0 Å². The summed E-state index contributed by atoms with van der Waals surface area (Å²) in [5.74, 6) is 0.300. The maximum atomic E-state index is 13.0. The topological polar surface area (TPSA) is 43.4 Å². The average molecular weight is 355 g/mol. The Balaban J connectivity index is 5.28. The molecule has 0 aliphatic rings. The van der Waals surface area contributed by atoms with Gasteiger partial charge in [-0.25, -0.2) is 0 Å². The van der Waals surface area contributed by atoms with Gasteiger partial charge in [0.05, 0.1) is 0 Å². The lowest BCUT2D eigenvalue weighted by molar-refractivity contribution is -0.163. The lowest BCUT2D eigenvalue weighted by atomic mass is 9.81. The highest BCUT2D eigenvalue weighted by atomic mass is 16.5. The monoisotopic (exact) mass is 354 g/mol. The first-order valence-corrected chi connectivity index (χ1v) is 10.3. The number of carbonyl (C=O) groups is 2. The summed E-state index contributed by atoms with van der Waals surface area (Å²) in [5.41, 5.74) is -1.32. The summed E-state index contributed by atoms with van der Waals surface area (Å²) in [5, 5.41) is 0. The van der Waals surface area contributed by atoms with Crippen molar-refractivity contribution < 1.29 is 14.3 Å². The van der Waals surface area contributed by atoms with Crippen molar-refractivity contribution in [3.63, 3.8) is 0 Å². The van der Waals surface area contributed by atoms with E-state index in [0.29, 0.717) is 6.42 Å². The van der Waals surface area contributed by atoms with Gasteiger partial charge in [0.15, 0.2) is 11.6 Å². The number of rotatable bonds is 14. The molecule has 0 saturated heterocycles. The second kappa shape index (κ2) is 11.1. The molecule has 0 fully saturated rings. The molecule has 0 bridgehead atoms. The highest BCUT2D eigenvalue weighted by Crippen LogP contribution is 2.30. The molecule has 0 radical (unpaired) electrons. The normalized spacial score (nSPS) is 15.0. The number of Topliss-reactive ketones (excluding diaryl/α,β-unsaturated/α-hetero) is 2. The van der Waals surface area contributed by atoms with Crippen LogP contribution >= 0.6 is 0 Å². The summed E-state index contributed by atoms with van der Waals surface area (Å²) in [6.45, 7) is 16.0. The molecule has 148 valence electrons. The van der Waals surface area contributed by atoms with Gasteiger partial charge in [-0.1, -0.05) is 67.2 Å². The maximum Gasteiger partial charge on any atom is 0.167 e. The summed E-state index contributed by atoms with van der Waals surface area (Å²) in [4.78, 5) is 26.0. The molecular formula is C22H42O3. The molecule has 25 heavy (non-hydrogen) atoms. The molecule has 2 atom stereocenters. The Hall–Kier alpha value is -0.700. The minimum Gasteiger partial charge on any atom is -0.357 e. The van der Waals surface area contributed by atoms with E-state index < -0.39 is 17.1 Å². The molecule has 3 heteroatoms. The van der Waals surface area contributed by atoms with Gasteiger partial charge in [0, 0.05) is 11.3 Å². The largest absolute Gasteiger partial charge is 0.357 e. The van der Waals surface area contributed by atoms with Crippen LogP contribution in [-0.2, 0) is 14.3 Å². The standard InChI is InChI=1S/C22H42O3/c1-9-13-15-17(11-3)19(23)22(7,8)25-18(16-14-10-2)20(24)21(5,6)12-4/h17-18H,9-16H2,1-8H3. The van der Waals surface area contributed by atoms with E-state index in [2.05, 4.69) is 20.8 Å². The van der Waals surface area contributed by atoms with Gasteiger partial charge in [0.1, 0.15) is 11.7 Å². The van der Waals surface area contributed by atoms with Gasteiger partial charge in [-0.05, 0) is 39.5 Å². The lowest BCUT2D eigenvalue weighted by Crippen LogP contribution is -2.47. The van der Waals surface area contributed by atoms with E-state index in [1.807, 2.05) is 34.6 Å². The van der Waals surface area contributed by atoms with Crippen LogP contribution in [-0.4, -0.2) is 23.3 Å². The van der Waals surface area contributed by atoms with Crippen molar-refractivity contribution in [1.29, 1.82) is 0 Å². The second-order valence-corrected chi connectivity index (χ2v) is 8.47. The fourth-order valence-electron chi connectivity index (χ4n) is 3.12. The Labute approximate surface area is 156 Å². The summed E-state index contributed by atoms with van der Waals surface area (Å²) < 4.78 is 6.22. The quantitative estimate of drug-likeness (QED) is 0.377. The summed E-state index contributed by atoms with van der Waals surface area (Å²) in [6, 6.07) is 0. The number of carbonyl (C=O) groups excluding carboxylic acids is 2. The molecule has 0 heterocycles. The highest BCUT2D eigenvalue weighted by Gasteiger charge is 2.40. The van der Waals surface area contributed by atoms with Crippen LogP contribution in [0.3, 0.4) is 0 Å². The second-order valence-electron chi connectivity index (χ2n) is 8.47. The Morgan fingerprint density at radius 2 is 1.36 bits per heavy atom. The van der Waals surface area contributed by atoms with Crippen LogP contribution < -0.4 is 0 Å². The van der Waals surface area contributed by atoms with Crippen molar-refractivity contribution in [3.8, 4) is 0 Å². The third-order valence-electron chi connectivity index (χ3n) is 5.46. The summed E-state index contributed by atoms with van der Waals surface area (Å²) in [7, 11) is 0.